The molecule has 4 heteroatoms. The zero-order chi connectivity index (χ0) is 16.4. The van der Waals surface area contributed by atoms with Gasteiger partial charge in [-0.15, -0.1) is 0 Å². The maximum absolute atomic E-state index is 12.8. The van der Waals surface area contributed by atoms with Crippen molar-refractivity contribution in [1.29, 1.82) is 0 Å². The second-order valence-electron chi connectivity index (χ2n) is 8.48. The number of Topliss-reactive ketones (excluding diaryl/α,β-unsaturated/α-hetero) is 2. The van der Waals surface area contributed by atoms with Crippen LogP contribution in [-0.4, -0.2) is 34.0 Å². The van der Waals surface area contributed by atoms with Crippen LogP contribution in [0.15, 0.2) is 11.6 Å². The lowest BCUT2D eigenvalue weighted by atomic mass is 9.63. The number of carbonyl (C=O) groups excluding carboxylic acids is 2. The maximum Gasteiger partial charge on any atom is 0.193 e. The van der Waals surface area contributed by atoms with E-state index in [9.17, 15) is 14.7 Å². The molecule has 0 unspecified atom stereocenters. The first-order chi connectivity index (χ1) is 9.26. The summed E-state index contributed by atoms with van der Waals surface area (Å²) in [6.45, 7) is 13.3. The van der Waals surface area contributed by atoms with Gasteiger partial charge in [0, 0.05) is 12.0 Å². The zero-order valence-electron chi connectivity index (χ0n) is 14.0. The summed E-state index contributed by atoms with van der Waals surface area (Å²) in [6, 6.07) is 0. The van der Waals surface area contributed by atoms with Gasteiger partial charge < -0.3 is 9.84 Å². The molecule has 2 rings (SSSR count). The largest absolute Gasteiger partial charge is 0.378 e. The van der Waals surface area contributed by atoms with Gasteiger partial charge >= 0.3 is 0 Å². The summed E-state index contributed by atoms with van der Waals surface area (Å²) < 4.78 is 5.84. The fourth-order valence-corrected chi connectivity index (χ4v) is 3.25. The summed E-state index contributed by atoms with van der Waals surface area (Å²) in [5, 5.41) is 10.9. The van der Waals surface area contributed by atoms with Gasteiger partial charge in [-0.25, -0.2) is 0 Å². The van der Waals surface area contributed by atoms with E-state index in [-0.39, 0.29) is 23.4 Å². The summed E-state index contributed by atoms with van der Waals surface area (Å²) in [5.74, 6) is -0.577. The summed E-state index contributed by atoms with van der Waals surface area (Å²) >= 11 is 0. The van der Waals surface area contributed by atoms with Crippen LogP contribution >= 0.6 is 0 Å². The third-order valence-corrected chi connectivity index (χ3v) is 4.57. The van der Waals surface area contributed by atoms with Crippen LogP contribution in [0.5, 0.6) is 0 Å². The highest BCUT2D eigenvalue weighted by Crippen LogP contribution is 2.60. The summed E-state index contributed by atoms with van der Waals surface area (Å²) in [5.41, 5.74) is -2.53. The summed E-state index contributed by atoms with van der Waals surface area (Å²) in [6.07, 6.45) is 1.06. The highest BCUT2D eigenvalue weighted by molar-refractivity contribution is 6.07. The first-order valence-corrected chi connectivity index (χ1v) is 7.43. The first-order valence-electron chi connectivity index (χ1n) is 7.43. The topological polar surface area (TPSA) is 66.9 Å². The highest BCUT2D eigenvalue weighted by Gasteiger charge is 2.74. The molecule has 1 fully saturated rings. The lowest BCUT2D eigenvalue weighted by Crippen LogP contribution is -2.55. The Morgan fingerprint density at radius 1 is 1.29 bits per heavy atom. The van der Waals surface area contributed by atoms with Crippen molar-refractivity contribution in [3.8, 4) is 0 Å². The third-order valence-electron chi connectivity index (χ3n) is 4.57. The Hall–Kier alpha value is -1.00. The SMILES string of the molecule is CC(=O)C[C@]1(O)C(=O)C(C(C)(C)C)=C[C@]2(C(C)(C)C)O[C@H]21. The number of epoxide rings is 1. The Bertz CT molecular complexity index is 532. The lowest BCUT2D eigenvalue weighted by molar-refractivity contribution is -0.142. The van der Waals surface area contributed by atoms with Crippen molar-refractivity contribution in [2.45, 2.75) is 72.2 Å². The van der Waals surface area contributed by atoms with Crippen LogP contribution in [0.25, 0.3) is 0 Å². The predicted octanol–water partition coefficient (Wildman–Crippen LogP) is 2.44. The Morgan fingerprint density at radius 2 is 1.81 bits per heavy atom. The molecule has 0 aromatic carbocycles. The minimum Gasteiger partial charge on any atom is -0.378 e. The van der Waals surface area contributed by atoms with Gasteiger partial charge in [0.1, 0.15) is 17.5 Å². The molecular weight excluding hydrogens is 268 g/mol. The molecule has 0 bridgehead atoms. The number of rotatable bonds is 2. The molecule has 1 heterocycles. The second-order valence-corrected chi connectivity index (χ2v) is 8.48. The molecule has 0 radical (unpaired) electrons. The van der Waals surface area contributed by atoms with Crippen molar-refractivity contribution in [3.63, 3.8) is 0 Å². The van der Waals surface area contributed by atoms with E-state index in [1.54, 1.807) is 0 Å². The molecule has 1 aliphatic heterocycles. The molecule has 4 nitrogen and oxygen atoms in total. The average Bonchev–Trinajstić information content (AvgIpc) is 2.97. The molecule has 21 heavy (non-hydrogen) atoms. The second kappa shape index (κ2) is 4.26. The Kier molecular flexibility index (Phi) is 3.32. The molecule has 0 saturated carbocycles. The monoisotopic (exact) mass is 294 g/mol. The smallest absolute Gasteiger partial charge is 0.193 e. The number of hydrogen-bond acceptors (Lipinski definition) is 4. The highest BCUT2D eigenvalue weighted by atomic mass is 16.6. The van der Waals surface area contributed by atoms with Crippen LogP contribution in [0.2, 0.25) is 0 Å². The molecular formula is C17H26O4. The summed E-state index contributed by atoms with van der Waals surface area (Å²) in [7, 11) is 0. The third kappa shape index (κ3) is 2.29. The molecule has 0 spiro atoms. The van der Waals surface area contributed by atoms with E-state index in [1.165, 1.54) is 6.92 Å². The zero-order valence-corrected chi connectivity index (χ0v) is 14.0. The Morgan fingerprint density at radius 3 is 2.19 bits per heavy atom. The molecule has 1 N–H and O–H groups in total. The molecule has 0 aromatic heterocycles. The number of hydrogen-bond donors (Lipinski definition) is 1. The van der Waals surface area contributed by atoms with Crippen LogP contribution in [-0.2, 0) is 14.3 Å². The lowest BCUT2D eigenvalue weighted by Gasteiger charge is -2.38. The van der Waals surface area contributed by atoms with Crippen LogP contribution in [0.1, 0.15) is 54.9 Å². The minimum absolute atomic E-state index is 0.193. The van der Waals surface area contributed by atoms with Crippen molar-refractivity contribution < 1.29 is 19.4 Å². The van der Waals surface area contributed by atoms with Crippen molar-refractivity contribution >= 4 is 11.6 Å². The molecule has 0 aromatic rings. The van der Waals surface area contributed by atoms with E-state index in [4.69, 9.17) is 4.74 Å². The minimum atomic E-state index is -1.74. The van der Waals surface area contributed by atoms with Gasteiger partial charge in [-0.2, -0.15) is 0 Å². The number of ether oxygens (including phenoxy) is 1. The van der Waals surface area contributed by atoms with Crippen LogP contribution < -0.4 is 0 Å². The van der Waals surface area contributed by atoms with Crippen LogP contribution in [0.3, 0.4) is 0 Å². The quantitative estimate of drug-likeness (QED) is 0.794. The number of carbonyl (C=O) groups is 2. The molecule has 118 valence electrons. The van der Waals surface area contributed by atoms with Crippen molar-refractivity contribution in [2.24, 2.45) is 10.8 Å². The maximum atomic E-state index is 12.8. The van der Waals surface area contributed by atoms with E-state index < -0.39 is 22.7 Å². The van der Waals surface area contributed by atoms with Crippen molar-refractivity contribution in [1.82, 2.24) is 0 Å². The van der Waals surface area contributed by atoms with Gasteiger partial charge in [-0.05, 0) is 23.8 Å². The Balaban J connectivity index is 2.59. The van der Waals surface area contributed by atoms with Crippen LogP contribution in [0.4, 0.5) is 0 Å². The van der Waals surface area contributed by atoms with Gasteiger partial charge in [0.25, 0.3) is 0 Å². The Labute approximate surface area is 126 Å². The molecule has 0 amide bonds. The molecule has 1 saturated heterocycles. The van der Waals surface area contributed by atoms with Gasteiger partial charge in [0.15, 0.2) is 11.4 Å². The van der Waals surface area contributed by atoms with E-state index in [0.717, 1.165) is 0 Å². The van der Waals surface area contributed by atoms with E-state index >= 15 is 0 Å². The number of fused-ring (bicyclic) bond motifs is 1. The fraction of sp³-hybridized carbons (Fsp3) is 0.765. The van der Waals surface area contributed by atoms with E-state index in [0.29, 0.717) is 5.57 Å². The van der Waals surface area contributed by atoms with E-state index in [1.807, 2.05) is 47.6 Å². The van der Waals surface area contributed by atoms with Gasteiger partial charge in [0.05, 0.1) is 0 Å². The number of aliphatic hydroxyl groups is 1. The molecule has 3 atom stereocenters. The normalized spacial score (nSPS) is 36.1. The van der Waals surface area contributed by atoms with Crippen molar-refractivity contribution in [3.05, 3.63) is 11.6 Å². The first kappa shape index (κ1) is 16.4. The standard InChI is InChI=1S/C17H26O4/c1-10(18)8-16(20)12(19)11(14(2,3)4)9-17(13(16)21-17)15(5,6)7/h9,13,20H,8H2,1-7H3/t13-,16-,17-/m0/s1. The molecule has 1 aliphatic carbocycles. The van der Waals surface area contributed by atoms with E-state index in [2.05, 4.69) is 0 Å². The number of ketones is 2. The van der Waals surface area contributed by atoms with Gasteiger partial charge in [0.2, 0.25) is 0 Å². The molecule has 2 aliphatic rings. The van der Waals surface area contributed by atoms with Crippen molar-refractivity contribution in [2.75, 3.05) is 0 Å². The predicted molar refractivity (Wildman–Crippen MR) is 79.9 cm³/mol. The van der Waals surface area contributed by atoms with Gasteiger partial charge in [-0.3, -0.25) is 9.59 Å². The fourth-order valence-electron chi connectivity index (χ4n) is 3.25. The van der Waals surface area contributed by atoms with Crippen LogP contribution in [0, 0.1) is 10.8 Å². The average molecular weight is 294 g/mol. The summed E-state index contributed by atoms with van der Waals surface area (Å²) in [4.78, 5) is 24.3. The van der Waals surface area contributed by atoms with Gasteiger partial charge in [-0.1, -0.05) is 41.5 Å².